The van der Waals surface area contributed by atoms with Gasteiger partial charge >= 0.3 is 0 Å². The van der Waals surface area contributed by atoms with Gasteiger partial charge in [0, 0.05) is 32.6 Å². The van der Waals surface area contributed by atoms with Crippen LogP contribution < -0.4 is 15.5 Å². The van der Waals surface area contributed by atoms with Crippen molar-refractivity contribution in [2.75, 3.05) is 28.7 Å². The SMILES string of the molecule is CC(C)[C@@H]1OCCC[C@H]1Nc1ccnc(N[C@@H]2CCN(c3cnn(C)c3)C2=O)n1. The standard InChI is InChI=1S/C20H29N7O2/c1-13(2)18-15(5-4-10-29-18)23-17-6-8-21-20(25-17)24-16-7-9-27(19(16)28)14-11-22-26(3)12-14/h6,8,11-13,15-16,18H,4-5,7,9-10H2,1-3H3,(H2,21,23,24,25)/t15-,16-,18+/m1/s1. The normalized spacial score (nSPS) is 24.9. The van der Waals surface area contributed by atoms with Crippen LogP contribution in [-0.2, 0) is 16.6 Å². The number of carbonyl (C=O) groups excluding carboxylic acids is 1. The number of aryl methyl sites for hydroxylation is 1. The molecule has 4 rings (SSSR count). The molecule has 2 aromatic rings. The van der Waals surface area contributed by atoms with Gasteiger partial charge in [0.1, 0.15) is 11.9 Å². The quantitative estimate of drug-likeness (QED) is 0.767. The Morgan fingerprint density at radius 1 is 1.28 bits per heavy atom. The van der Waals surface area contributed by atoms with Gasteiger partial charge in [0.05, 0.1) is 24.0 Å². The number of hydrogen-bond donors (Lipinski definition) is 2. The average molecular weight is 399 g/mol. The number of aromatic nitrogens is 4. The molecule has 0 aromatic carbocycles. The molecule has 29 heavy (non-hydrogen) atoms. The largest absolute Gasteiger partial charge is 0.376 e. The molecule has 2 saturated heterocycles. The van der Waals surface area contributed by atoms with Gasteiger partial charge in [-0.3, -0.25) is 9.48 Å². The summed E-state index contributed by atoms with van der Waals surface area (Å²) in [6.07, 6.45) is 8.22. The first kappa shape index (κ1) is 19.6. The second-order valence-corrected chi connectivity index (χ2v) is 8.09. The summed E-state index contributed by atoms with van der Waals surface area (Å²) in [5, 5.41) is 10.8. The maximum Gasteiger partial charge on any atom is 0.249 e. The zero-order valence-electron chi connectivity index (χ0n) is 17.2. The summed E-state index contributed by atoms with van der Waals surface area (Å²) >= 11 is 0. The minimum absolute atomic E-state index is 0.0144. The Morgan fingerprint density at radius 3 is 2.90 bits per heavy atom. The predicted molar refractivity (Wildman–Crippen MR) is 111 cm³/mol. The summed E-state index contributed by atoms with van der Waals surface area (Å²) in [7, 11) is 1.84. The van der Waals surface area contributed by atoms with E-state index < -0.39 is 0 Å². The number of rotatable bonds is 6. The Hall–Kier alpha value is -2.68. The summed E-state index contributed by atoms with van der Waals surface area (Å²) < 4.78 is 7.65. The molecule has 3 atom stereocenters. The van der Waals surface area contributed by atoms with E-state index >= 15 is 0 Å². The van der Waals surface area contributed by atoms with Crippen molar-refractivity contribution in [1.29, 1.82) is 0 Å². The van der Waals surface area contributed by atoms with Gasteiger partial charge in [-0.1, -0.05) is 13.8 Å². The highest BCUT2D eigenvalue weighted by Gasteiger charge is 2.34. The van der Waals surface area contributed by atoms with Gasteiger partial charge in [0.25, 0.3) is 0 Å². The minimum atomic E-state index is -0.341. The van der Waals surface area contributed by atoms with Gasteiger partial charge in [-0.05, 0) is 31.2 Å². The lowest BCUT2D eigenvalue weighted by molar-refractivity contribution is -0.117. The van der Waals surface area contributed by atoms with Gasteiger partial charge in [-0.15, -0.1) is 0 Å². The highest BCUT2D eigenvalue weighted by Crippen LogP contribution is 2.25. The molecule has 2 aromatic heterocycles. The Morgan fingerprint density at radius 2 is 2.14 bits per heavy atom. The van der Waals surface area contributed by atoms with Crippen LogP contribution in [0.3, 0.4) is 0 Å². The summed E-state index contributed by atoms with van der Waals surface area (Å²) in [5.41, 5.74) is 0.815. The highest BCUT2D eigenvalue weighted by molar-refractivity contribution is 6.00. The van der Waals surface area contributed by atoms with Crippen LogP contribution in [0, 0.1) is 5.92 Å². The summed E-state index contributed by atoms with van der Waals surface area (Å²) in [6.45, 7) is 5.82. The first-order valence-corrected chi connectivity index (χ1v) is 10.3. The van der Waals surface area contributed by atoms with Crippen molar-refractivity contribution < 1.29 is 9.53 Å². The molecule has 0 bridgehead atoms. The monoisotopic (exact) mass is 399 g/mol. The van der Waals surface area contributed by atoms with Crippen molar-refractivity contribution in [3.05, 3.63) is 24.7 Å². The van der Waals surface area contributed by atoms with Crippen LogP contribution in [0.15, 0.2) is 24.7 Å². The van der Waals surface area contributed by atoms with E-state index in [-0.39, 0.29) is 24.1 Å². The number of carbonyl (C=O) groups is 1. The van der Waals surface area contributed by atoms with Gasteiger partial charge < -0.3 is 20.3 Å². The number of anilines is 3. The Bertz CT molecular complexity index is 853. The molecule has 0 unspecified atom stereocenters. The smallest absolute Gasteiger partial charge is 0.249 e. The fraction of sp³-hybridized carbons (Fsp3) is 0.600. The van der Waals surface area contributed by atoms with Crippen LogP contribution in [0.2, 0.25) is 0 Å². The fourth-order valence-corrected chi connectivity index (χ4v) is 4.09. The highest BCUT2D eigenvalue weighted by atomic mass is 16.5. The van der Waals surface area contributed by atoms with Crippen molar-refractivity contribution in [2.45, 2.75) is 51.3 Å². The first-order valence-electron chi connectivity index (χ1n) is 10.3. The molecule has 9 nitrogen and oxygen atoms in total. The van der Waals surface area contributed by atoms with Crippen LogP contribution in [0.4, 0.5) is 17.5 Å². The fourth-order valence-electron chi connectivity index (χ4n) is 4.09. The number of nitrogens with zero attached hydrogens (tertiary/aromatic N) is 5. The molecule has 1 amide bonds. The second kappa shape index (κ2) is 8.36. The lowest BCUT2D eigenvalue weighted by atomic mass is 9.94. The van der Waals surface area contributed by atoms with Crippen LogP contribution in [0.1, 0.15) is 33.1 Å². The van der Waals surface area contributed by atoms with E-state index in [0.29, 0.717) is 24.8 Å². The molecule has 2 aliphatic heterocycles. The van der Waals surface area contributed by atoms with Gasteiger partial charge in [-0.25, -0.2) is 4.98 Å². The van der Waals surface area contributed by atoms with Gasteiger partial charge in [-0.2, -0.15) is 10.1 Å². The van der Waals surface area contributed by atoms with Crippen molar-refractivity contribution in [2.24, 2.45) is 13.0 Å². The molecule has 0 aliphatic carbocycles. The van der Waals surface area contributed by atoms with Crippen LogP contribution in [-0.4, -0.2) is 57.0 Å². The van der Waals surface area contributed by atoms with E-state index in [9.17, 15) is 4.79 Å². The number of ether oxygens (including phenoxy) is 1. The lowest BCUT2D eigenvalue weighted by Gasteiger charge is -2.35. The third-order valence-corrected chi connectivity index (χ3v) is 5.52. The molecule has 0 spiro atoms. The topological polar surface area (TPSA) is 97.2 Å². The maximum absolute atomic E-state index is 12.8. The summed E-state index contributed by atoms with van der Waals surface area (Å²) in [5.74, 6) is 1.65. The van der Waals surface area contributed by atoms with E-state index in [4.69, 9.17) is 4.74 Å². The Balaban J connectivity index is 1.41. The van der Waals surface area contributed by atoms with Crippen LogP contribution in [0.5, 0.6) is 0 Å². The van der Waals surface area contributed by atoms with Crippen molar-refractivity contribution >= 4 is 23.4 Å². The molecule has 156 valence electrons. The number of hydrogen-bond acceptors (Lipinski definition) is 7. The third-order valence-electron chi connectivity index (χ3n) is 5.52. The molecular formula is C20H29N7O2. The molecule has 4 heterocycles. The van der Waals surface area contributed by atoms with Crippen LogP contribution >= 0.6 is 0 Å². The Kier molecular flexibility index (Phi) is 5.66. The number of amides is 1. The van der Waals surface area contributed by atoms with Crippen LogP contribution in [0.25, 0.3) is 0 Å². The van der Waals surface area contributed by atoms with E-state index in [2.05, 4.69) is 39.5 Å². The average Bonchev–Trinajstić information content (AvgIpc) is 3.28. The zero-order valence-corrected chi connectivity index (χ0v) is 17.2. The zero-order chi connectivity index (χ0) is 20.4. The molecule has 2 aliphatic rings. The van der Waals surface area contributed by atoms with E-state index in [0.717, 1.165) is 31.0 Å². The number of nitrogens with one attached hydrogen (secondary N) is 2. The van der Waals surface area contributed by atoms with Gasteiger partial charge in [0.15, 0.2) is 0 Å². The van der Waals surface area contributed by atoms with Gasteiger partial charge in [0.2, 0.25) is 11.9 Å². The minimum Gasteiger partial charge on any atom is -0.376 e. The Labute approximate surface area is 170 Å². The molecular weight excluding hydrogens is 370 g/mol. The third kappa shape index (κ3) is 4.34. The van der Waals surface area contributed by atoms with E-state index in [1.807, 2.05) is 19.3 Å². The van der Waals surface area contributed by atoms with Crippen molar-refractivity contribution in [3.8, 4) is 0 Å². The first-order chi connectivity index (χ1) is 14.0. The molecule has 2 fully saturated rings. The second-order valence-electron chi connectivity index (χ2n) is 8.09. The lowest BCUT2D eigenvalue weighted by Crippen LogP contribution is -2.43. The predicted octanol–water partition coefficient (Wildman–Crippen LogP) is 2.04. The van der Waals surface area contributed by atoms with E-state index in [1.54, 1.807) is 22.0 Å². The van der Waals surface area contributed by atoms with E-state index in [1.165, 1.54) is 0 Å². The molecule has 0 radical (unpaired) electrons. The van der Waals surface area contributed by atoms with Crippen molar-refractivity contribution in [3.63, 3.8) is 0 Å². The molecule has 9 heteroatoms. The summed E-state index contributed by atoms with van der Waals surface area (Å²) in [6, 6.07) is 1.74. The van der Waals surface area contributed by atoms with Crippen molar-refractivity contribution in [1.82, 2.24) is 19.7 Å². The summed E-state index contributed by atoms with van der Waals surface area (Å²) in [4.78, 5) is 23.4. The molecule has 0 saturated carbocycles. The molecule has 2 N–H and O–H groups in total. The maximum atomic E-state index is 12.8.